The Balaban J connectivity index is 3.31. The highest BCUT2D eigenvalue weighted by molar-refractivity contribution is 5.75. The average molecular weight is 224 g/mol. The summed E-state index contributed by atoms with van der Waals surface area (Å²) in [6.45, 7) is 1.93. The van der Waals surface area contributed by atoms with Crippen LogP contribution in [0.2, 0.25) is 0 Å². The normalized spacial score (nSPS) is 11.9. The van der Waals surface area contributed by atoms with Gasteiger partial charge in [0.1, 0.15) is 0 Å². The molecule has 1 N–H and O–H groups in total. The number of rotatable bonds is 6. The first-order valence-corrected chi connectivity index (χ1v) is 4.00. The molecule has 0 aromatic heterocycles. The summed E-state index contributed by atoms with van der Waals surface area (Å²) in [7, 11) is 1.53. The molecule has 0 saturated carbocycles. The summed E-state index contributed by atoms with van der Waals surface area (Å²) >= 11 is 0. The standard InChI is InChI=1S/C7H12O8/c1-5(11-2)3-4-12-15-14-7(10)13-6(8)9/h5H,3-4H2,1-2H3,(H,8,9). The van der Waals surface area contributed by atoms with E-state index >= 15 is 0 Å². The first-order valence-electron chi connectivity index (χ1n) is 4.00. The molecule has 1 unspecified atom stereocenters. The molecule has 8 nitrogen and oxygen atoms in total. The summed E-state index contributed by atoms with van der Waals surface area (Å²) in [5.41, 5.74) is 0. The number of methoxy groups -OCH3 is 1. The molecule has 0 heterocycles. The third-order valence-corrected chi connectivity index (χ3v) is 1.33. The van der Waals surface area contributed by atoms with Crippen molar-refractivity contribution in [2.24, 2.45) is 0 Å². The number of ether oxygens (including phenoxy) is 2. The predicted octanol–water partition coefficient (Wildman–Crippen LogP) is 1.11. The van der Waals surface area contributed by atoms with E-state index in [0.717, 1.165) is 0 Å². The summed E-state index contributed by atoms with van der Waals surface area (Å²) in [5, 5.41) is 11.9. The highest BCUT2D eigenvalue weighted by atomic mass is 17.5. The predicted molar refractivity (Wildman–Crippen MR) is 43.7 cm³/mol. The van der Waals surface area contributed by atoms with Crippen molar-refractivity contribution in [3.05, 3.63) is 0 Å². The molecule has 0 bridgehead atoms. The van der Waals surface area contributed by atoms with Gasteiger partial charge < -0.3 is 14.6 Å². The van der Waals surface area contributed by atoms with Crippen LogP contribution in [0.1, 0.15) is 13.3 Å². The van der Waals surface area contributed by atoms with Crippen molar-refractivity contribution < 1.29 is 39.0 Å². The zero-order valence-electron chi connectivity index (χ0n) is 8.30. The van der Waals surface area contributed by atoms with Crippen LogP contribution in [0.15, 0.2) is 0 Å². The molecule has 88 valence electrons. The maximum absolute atomic E-state index is 10.4. The second-order valence-corrected chi connectivity index (χ2v) is 2.43. The van der Waals surface area contributed by atoms with Crippen LogP contribution in [0, 0.1) is 0 Å². The van der Waals surface area contributed by atoms with E-state index in [2.05, 4.69) is 19.6 Å². The van der Waals surface area contributed by atoms with Crippen molar-refractivity contribution in [3.8, 4) is 0 Å². The molecule has 1 atom stereocenters. The maximum Gasteiger partial charge on any atom is 0.553 e. The highest BCUT2D eigenvalue weighted by Gasteiger charge is 2.11. The van der Waals surface area contributed by atoms with Crippen LogP contribution < -0.4 is 0 Å². The minimum Gasteiger partial charge on any atom is -0.449 e. The lowest BCUT2D eigenvalue weighted by Crippen LogP contribution is -2.14. The topological polar surface area (TPSA) is 101 Å². The molecule has 0 saturated heterocycles. The van der Waals surface area contributed by atoms with Crippen LogP contribution in [0.3, 0.4) is 0 Å². The fourth-order valence-corrected chi connectivity index (χ4v) is 0.506. The van der Waals surface area contributed by atoms with Crippen molar-refractivity contribution >= 4 is 12.3 Å². The van der Waals surface area contributed by atoms with Crippen LogP contribution in [0.25, 0.3) is 0 Å². The highest BCUT2D eigenvalue weighted by Crippen LogP contribution is 1.96. The molecular formula is C7H12O8. The van der Waals surface area contributed by atoms with E-state index in [1.165, 1.54) is 7.11 Å². The molecular weight excluding hydrogens is 212 g/mol. The molecule has 0 fully saturated rings. The number of hydrogen-bond donors (Lipinski definition) is 1. The van der Waals surface area contributed by atoms with E-state index in [1.54, 1.807) is 0 Å². The van der Waals surface area contributed by atoms with E-state index < -0.39 is 12.3 Å². The van der Waals surface area contributed by atoms with Gasteiger partial charge in [0, 0.05) is 7.11 Å². The van der Waals surface area contributed by atoms with Gasteiger partial charge >= 0.3 is 12.3 Å². The quantitative estimate of drug-likeness (QED) is 0.235. The van der Waals surface area contributed by atoms with Gasteiger partial charge in [-0.3, -0.25) is 0 Å². The lowest BCUT2D eigenvalue weighted by atomic mass is 10.3. The first-order chi connectivity index (χ1) is 7.06. The largest absolute Gasteiger partial charge is 0.553 e. The molecule has 0 aromatic rings. The van der Waals surface area contributed by atoms with Crippen LogP contribution >= 0.6 is 0 Å². The Morgan fingerprint density at radius 2 is 2.07 bits per heavy atom. The maximum atomic E-state index is 10.4. The second kappa shape index (κ2) is 7.97. The minimum absolute atomic E-state index is 0.0282. The lowest BCUT2D eigenvalue weighted by Gasteiger charge is -2.07. The molecule has 0 radical (unpaired) electrons. The Morgan fingerprint density at radius 1 is 1.40 bits per heavy atom. The van der Waals surface area contributed by atoms with Crippen LogP contribution in [-0.2, 0) is 24.3 Å². The first kappa shape index (κ1) is 13.6. The molecule has 0 spiro atoms. The van der Waals surface area contributed by atoms with Gasteiger partial charge in [0.15, 0.2) is 0 Å². The Morgan fingerprint density at radius 3 is 2.60 bits per heavy atom. The molecule has 0 aliphatic rings. The van der Waals surface area contributed by atoms with E-state index in [4.69, 9.17) is 9.84 Å². The second-order valence-electron chi connectivity index (χ2n) is 2.43. The van der Waals surface area contributed by atoms with Crippen molar-refractivity contribution in [1.29, 1.82) is 0 Å². The Kier molecular flexibility index (Phi) is 7.24. The third-order valence-electron chi connectivity index (χ3n) is 1.33. The van der Waals surface area contributed by atoms with Crippen molar-refractivity contribution in [3.63, 3.8) is 0 Å². The summed E-state index contributed by atoms with van der Waals surface area (Å²) in [4.78, 5) is 28.3. The van der Waals surface area contributed by atoms with E-state index in [1.807, 2.05) is 6.92 Å². The zero-order chi connectivity index (χ0) is 11.7. The molecule has 0 rings (SSSR count). The van der Waals surface area contributed by atoms with E-state index in [-0.39, 0.29) is 12.7 Å². The summed E-state index contributed by atoms with van der Waals surface area (Å²) in [5.74, 6) is 0. The summed E-state index contributed by atoms with van der Waals surface area (Å²) < 4.78 is 8.41. The monoisotopic (exact) mass is 224 g/mol. The molecule has 0 aliphatic carbocycles. The van der Waals surface area contributed by atoms with Gasteiger partial charge in [0.05, 0.1) is 12.7 Å². The Bertz CT molecular complexity index is 203. The van der Waals surface area contributed by atoms with Gasteiger partial charge in [-0.15, -0.1) is 0 Å². The van der Waals surface area contributed by atoms with Gasteiger partial charge in [-0.05, 0) is 18.4 Å². The summed E-state index contributed by atoms with van der Waals surface area (Å²) in [6, 6.07) is 0. The molecule has 0 aliphatic heterocycles. The zero-order valence-corrected chi connectivity index (χ0v) is 8.30. The van der Waals surface area contributed by atoms with Crippen LogP contribution in [-0.4, -0.2) is 37.2 Å². The van der Waals surface area contributed by atoms with Gasteiger partial charge in [0.25, 0.3) is 0 Å². The number of carboxylic acid groups (broad SMARTS) is 1. The molecule has 0 amide bonds. The lowest BCUT2D eigenvalue weighted by molar-refractivity contribution is -0.485. The molecule has 15 heavy (non-hydrogen) atoms. The van der Waals surface area contributed by atoms with Gasteiger partial charge in [-0.25, -0.2) is 9.68 Å². The van der Waals surface area contributed by atoms with E-state index in [9.17, 15) is 9.59 Å². The van der Waals surface area contributed by atoms with Gasteiger partial charge in [-0.1, -0.05) is 0 Å². The SMILES string of the molecule is COC(C)CCOOOC(=O)OC(=O)O. The number of carbonyl (C=O) groups excluding carboxylic acids is 1. The van der Waals surface area contributed by atoms with Crippen LogP contribution in [0.5, 0.6) is 0 Å². The number of hydrogen-bond acceptors (Lipinski definition) is 7. The van der Waals surface area contributed by atoms with E-state index in [0.29, 0.717) is 6.42 Å². The number of carbonyl (C=O) groups is 2. The van der Waals surface area contributed by atoms with Crippen molar-refractivity contribution in [2.45, 2.75) is 19.4 Å². The van der Waals surface area contributed by atoms with Gasteiger partial charge in [-0.2, -0.15) is 9.68 Å². The molecule has 0 aromatic carbocycles. The fraction of sp³-hybridized carbons (Fsp3) is 0.714. The van der Waals surface area contributed by atoms with Crippen LogP contribution in [0.4, 0.5) is 9.59 Å². The average Bonchev–Trinajstić information content (AvgIpc) is 2.15. The van der Waals surface area contributed by atoms with Gasteiger partial charge in [0.2, 0.25) is 0 Å². The molecule has 8 heteroatoms. The Labute approximate surface area is 85.5 Å². The summed E-state index contributed by atoms with van der Waals surface area (Å²) in [6.07, 6.45) is -2.83. The minimum atomic E-state index is -1.79. The fourth-order valence-electron chi connectivity index (χ4n) is 0.506. The van der Waals surface area contributed by atoms with Crippen molar-refractivity contribution in [2.75, 3.05) is 13.7 Å². The Hall–Kier alpha value is -1.38. The smallest absolute Gasteiger partial charge is 0.449 e. The third kappa shape index (κ3) is 8.94. The van der Waals surface area contributed by atoms with Crippen molar-refractivity contribution in [1.82, 2.24) is 0 Å².